The quantitative estimate of drug-likeness (QED) is 0.729. The molecule has 0 aromatic rings. The van der Waals surface area contributed by atoms with Gasteiger partial charge in [0.25, 0.3) is 0 Å². The fourth-order valence-corrected chi connectivity index (χ4v) is 2.49. The van der Waals surface area contributed by atoms with Gasteiger partial charge in [-0.15, -0.1) is 0 Å². The monoisotopic (exact) mass is 192 g/mol. The van der Waals surface area contributed by atoms with E-state index in [1.54, 1.807) is 0 Å². The molecule has 0 aliphatic heterocycles. The molecule has 0 spiro atoms. The first-order valence-corrected chi connectivity index (χ1v) is 5.84. The van der Waals surface area contributed by atoms with Crippen LogP contribution >= 0.6 is 0 Å². The van der Waals surface area contributed by atoms with Gasteiger partial charge in [0, 0.05) is 6.04 Å². The summed E-state index contributed by atoms with van der Waals surface area (Å²) >= 11 is 0. The summed E-state index contributed by atoms with van der Waals surface area (Å²) in [5.41, 5.74) is -0.187. The van der Waals surface area contributed by atoms with Gasteiger partial charge in [-0.25, -0.2) is 0 Å². The molecule has 2 nitrogen and oxygen atoms in total. The molecule has 0 aromatic carbocycles. The summed E-state index contributed by atoms with van der Waals surface area (Å²) in [6.07, 6.45) is 5.84. The van der Waals surface area contributed by atoms with Crippen LogP contribution in [0.4, 0.5) is 0 Å². The molecule has 2 aliphatic carbocycles. The highest BCUT2D eigenvalue weighted by Gasteiger charge is 2.41. The van der Waals surface area contributed by atoms with Crippen LogP contribution in [0.2, 0.25) is 0 Å². The Morgan fingerprint density at radius 1 is 1.21 bits per heavy atom. The fraction of sp³-hybridized carbons (Fsp3) is 0.917. The third kappa shape index (κ3) is 1.93. The molecular weight excluding hydrogens is 172 g/mol. The van der Waals surface area contributed by atoms with Crippen LogP contribution in [0.15, 0.2) is 0 Å². The summed E-state index contributed by atoms with van der Waals surface area (Å²) in [6.45, 7) is 4.59. The molecule has 2 saturated carbocycles. The summed E-state index contributed by atoms with van der Waals surface area (Å²) < 4.78 is 0. The Morgan fingerprint density at radius 2 is 1.93 bits per heavy atom. The summed E-state index contributed by atoms with van der Waals surface area (Å²) in [7, 11) is 0. The van der Waals surface area contributed by atoms with Crippen LogP contribution in [-0.4, -0.2) is 11.6 Å². The number of hydrogen-bond acceptors (Lipinski definition) is 2. The molecule has 0 saturated heterocycles. The van der Waals surface area contributed by atoms with E-state index in [0.717, 1.165) is 18.8 Å². The first kappa shape index (κ1) is 9.98. The van der Waals surface area contributed by atoms with E-state index in [1.165, 1.54) is 19.3 Å². The van der Waals surface area contributed by atoms with E-state index in [0.29, 0.717) is 12.0 Å². The number of rotatable bonds is 2. The summed E-state index contributed by atoms with van der Waals surface area (Å²) in [5.74, 6) is 1.48. The first-order chi connectivity index (χ1) is 6.65. The number of nitrogens with one attached hydrogen (secondary N) is 1. The second kappa shape index (κ2) is 3.55. The topological polar surface area (TPSA) is 35.8 Å². The molecule has 1 N–H and O–H groups in total. The van der Waals surface area contributed by atoms with Crippen LogP contribution < -0.4 is 5.32 Å². The molecule has 2 aliphatic rings. The lowest BCUT2D eigenvalue weighted by atomic mass is 9.72. The zero-order chi connectivity index (χ0) is 10.2. The molecular formula is C12H20N2. The van der Waals surface area contributed by atoms with Gasteiger partial charge < -0.3 is 0 Å². The third-order valence-corrected chi connectivity index (χ3v) is 3.94. The highest BCUT2D eigenvalue weighted by Crippen LogP contribution is 2.37. The molecule has 0 bridgehead atoms. The third-order valence-electron chi connectivity index (χ3n) is 3.94. The highest BCUT2D eigenvalue weighted by molar-refractivity contribution is 5.12. The van der Waals surface area contributed by atoms with E-state index in [1.807, 2.05) is 0 Å². The lowest BCUT2D eigenvalue weighted by Gasteiger charge is -2.38. The van der Waals surface area contributed by atoms with Gasteiger partial charge in [-0.05, 0) is 43.9 Å². The summed E-state index contributed by atoms with van der Waals surface area (Å²) in [4.78, 5) is 0. The molecule has 14 heavy (non-hydrogen) atoms. The van der Waals surface area contributed by atoms with Gasteiger partial charge in [-0.1, -0.05) is 13.8 Å². The molecule has 0 heterocycles. The Morgan fingerprint density at radius 3 is 2.43 bits per heavy atom. The van der Waals surface area contributed by atoms with Crippen molar-refractivity contribution in [2.24, 2.45) is 11.8 Å². The van der Waals surface area contributed by atoms with Crippen molar-refractivity contribution in [2.45, 2.75) is 57.5 Å². The lowest BCUT2D eigenvalue weighted by molar-refractivity contribution is 0.181. The van der Waals surface area contributed by atoms with E-state index in [4.69, 9.17) is 0 Å². The predicted octanol–water partition coefficient (Wildman–Crippen LogP) is 2.46. The molecule has 78 valence electrons. The van der Waals surface area contributed by atoms with Crippen molar-refractivity contribution in [3.8, 4) is 6.07 Å². The average Bonchev–Trinajstić information content (AvgIpc) is 2.96. The molecule has 0 aromatic heterocycles. The summed E-state index contributed by atoms with van der Waals surface area (Å²) in [6, 6.07) is 3.18. The van der Waals surface area contributed by atoms with Crippen molar-refractivity contribution >= 4 is 0 Å². The minimum atomic E-state index is -0.187. The molecule has 3 unspecified atom stereocenters. The van der Waals surface area contributed by atoms with Gasteiger partial charge in [0.1, 0.15) is 5.54 Å². The maximum absolute atomic E-state index is 9.31. The lowest BCUT2D eigenvalue weighted by Crippen LogP contribution is -2.49. The SMILES string of the molecule is CC1CCC(C#N)(NC2CC2)CC1C. The summed E-state index contributed by atoms with van der Waals surface area (Å²) in [5, 5.41) is 12.9. The minimum absolute atomic E-state index is 0.187. The zero-order valence-electron chi connectivity index (χ0n) is 9.21. The molecule has 2 heteroatoms. The van der Waals surface area contributed by atoms with E-state index in [-0.39, 0.29) is 5.54 Å². The van der Waals surface area contributed by atoms with Crippen LogP contribution in [0.1, 0.15) is 46.0 Å². The Balaban J connectivity index is 2.01. The second-order valence-corrected chi connectivity index (χ2v) is 5.31. The minimum Gasteiger partial charge on any atom is -0.297 e. The molecule has 3 atom stereocenters. The maximum Gasteiger partial charge on any atom is 0.107 e. The van der Waals surface area contributed by atoms with Gasteiger partial charge in [0.15, 0.2) is 0 Å². The molecule has 2 fully saturated rings. The van der Waals surface area contributed by atoms with Crippen molar-refractivity contribution in [1.29, 1.82) is 5.26 Å². The Labute approximate surface area is 86.7 Å². The predicted molar refractivity (Wildman–Crippen MR) is 56.7 cm³/mol. The van der Waals surface area contributed by atoms with Crippen molar-refractivity contribution in [3.63, 3.8) is 0 Å². The Hall–Kier alpha value is -0.550. The van der Waals surface area contributed by atoms with Crippen LogP contribution in [0.3, 0.4) is 0 Å². The number of hydrogen-bond donors (Lipinski definition) is 1. The van der Waals surface area contributed by atoms with Gasteiger partial charge >= 0.3 is 0 Å². The Kier molecular flexibility index (Phi) is 2.53. The highest BCUT2D eigenvalue weighted by atomic mass is 15.0. The van der Waals surface area contributed by atoms with Crippen LogP contribution in [0.25, 0.3) is 0 Å². The second-order valence-electron chi connectivity index (χ2n) is 5.31. The van der Waals surface area contributed by atoms with Crippen molar-refractivity contribution in [3.05, 3.63) is 0 Å². The molecule has 2 rings (SSSR count). The standard InChI is InChI=1S/C12H20N2/c1-9-5-6-12(8-13,7-10(9)2)14-11-3-4-11/h9-11,14H,3-7H2,1-2H3. The van der Waals surface area contributed by atoms with Gasteiger partial charge in [0.05, 0.1) is 6.07 Å². The van der Waals surface area contributed by atoms with Crippen LogP contribution in [-0.2, 0) is 0 Å². The number of nitriles is 1. The smallest absolute Gasteiger partial charge is 0.107 e. The number of nitrogens with zero attached hydrogens (tertiary/aromatic N) is 1. The largest absolute Gasteiger partial charge is 0.297 e. The first-order valence-electron chi connectivity index (χ1n) is 5.84. The fourth-order valence-electron chi connectivity index (χ4n) is 2.49. The van der Waals surface area contributed by atoms with Crippen molar-refractivity contribution in [1.82, 2.24) is 5.32 Å². The van der Waals surface area contributed by atoms with E-state index >= 15 is 0 Å². The normalized spacial score (nSPS) is 43.2. The van der Waals surface area contributed by atoms with Crippen LogP contribution in [0.5, 0.6) is 0 Å². The van der Waals surface area contributed by atoms with E-state index in [9.17, 15) is 5.26 Å². The van der Waals surface area contributed by atoms with E-state index < -0.39 is 0 Å². The molecule has 0 amide bonds. The zero-order valence-corrected chi connectivity index (χ0v) is 9.21. The van der Waals surface area contributed by atoms with Crippen LogP contribution in [0, 0.1) is 23.2 Å². The molecule has 0 radical (unpaired) electrons. The van der Waals surface area contributed by atoms with Gasteiger partial charge in [-0.3, -0.25) is 5.32 Å². The maximum atomic E-state index is 9.31. The van der Waals surface area contributed by atoms with Gasteiger partial charge in [0.2, 0.25) is 0 Å². The van der Waals surface area contributed by atoms with Crippen molar-refractivity contribution < 1.29 is 0 Å². The Bertz CT molecular complexity index is 252. The van der Waals surface area contributed by atoms with E-state index in [2.05, 4.69) is 25.2 Å². The average molecular weight is 192 g/mol. The van der Waals surface area contributed by atoms with Gasteiger partial charge in [-0.2, -0.15) is 5.26 Å². The van der Waals surface area contributed by atoms with Crippen molar-refractivity contribution in [2.75, 3.05) is 0 Å².